The Labute approximate surface area is 169 Å². The first kappa shape index (κ1) is 23.9. The number of rotatable bonds is 11. The quantitative estimate of drug-likeness (QED) is 0.228. The Morgan fingerprint density at radius 1 is 1.20 bits per heavy atom. The highest BCUT2D eigenvalue weighted by Crippen LogP contribution is 2.15. The molecule has 6 nitrogen and oxygen atoms in total. The lowest BCUT2D eigenvalue weighted by molar-refractivity contribution is 0.143. The molecule has 1 aromatic heterocycles. The van der Waals surface area contributed by atoms with Gasteiger partial charge in [0.05, 0.1) is 13.2 Å². The number of aliphatic imine (C=N–C) groups is 1. The van der Waals surface area contributed by atoms with E-state index < -0.39 is 0 Å². The monoisotopic (exact) mass is 464 g/mol. The van der Waals surface area contributed by atoms with Crippen molar-refractivity contribution < 1.29 is 9.47 Å². The van der Waals surface area contributed by atoms with E-state index in [4.69, 9.17) is 9.47 Å². The number of nitrogens with one attached hydrogen (secondary N) is 2. The summed E-state index contributed by atoms with van der Waals surface area (Å²) in [5.41, 5.74) is 0.966. The van der Waals surface area contributed by atoms with E-state index in [1.54, 1.807) is 13.3 Å². The molecule has 0 fully saturated rings. The zero-order chi connectivity index (χ0) is 17.6. The van der Waals surface area contributed by atoms with Gasteiger partial charge >= 0.3 is 0 Å². The molecule has 0 saturated carbocycles. The van der Waals surface area contributed by atoms with E-state index in [1.807, 2.05) is 12.1 Å². The largest absolute Gasteiger partial charge is 0.475 e. The summed E-state index contributed by atoms with van der Waals surface area (Å²) in [4.78, 5) is 8.94. The first-order valence-corrected chi connectivity index (χ1v) is 8.82. The highest BCUT2D eigenvalue weighted by atomic mass is 127. The molecule has 0 aromatic carbocycles. The van der Waals surface area contributed by atoms with Crippen LogP contribution in [0.15, 0.2) is 23.3 Å². The lowest BCUT2D eigenvalue weighted by Gasteiger charge is -2.16. The summed E-state index contributed by atoms with van der Waals surface area (Å²) in [6, 6.07) is 3.89. The summed E-state index contributed by atoms with van der Waals surface area (Å²) in [6.07, 6.45) is 4.07. The molecule has 25 heavy (non-hydrogen) atoms. The maximum atomic E-state index is 5.66. The number of hydrogen-bond donors (Lipinski definition) is 2. The maximum Gasteiger partial charge on any atom is 0.218 e. The Bertz CT molecular complexity index is 482. The van der Waals surface area contributed by atoms with Crippen LogP contribution in [0.25, 0.3) is 0 Å². The Kier molecular flexibility index (Phi) is 14.5. The van der Waals surface area contributed by atoms with Gasteiger partial charge in [0.15, 0.2) is 5.96 Å². The lowest BCUT2D eigenvalue weighted by Crippen LogP contribution is -2.39. The van der Waals surface area contributed by atoms with Crippen molar-refractivity contribution in [2.24, 2.45) is 10.9 Å². The van der Waals surface area contributed by atoms with Crippen molar-refractivity contribution in [1.29, 1.82) is 0 Å². The summed E-state index contributed by atoms with van der Waals surface area (Å²) in [6.45, 7) is 9.82. The van der Waals surface area contributed by atoms with Crippen molar-refractivity contribution in [2.75, 3.05) is 33.4 Å². The van der Waals surface area contributed by atoms with Crippen molar-refractivity contribution in [3.63, 3.8) is 0 Å². The average Bonchev–Trinajstić information content (AvgIpc) is 2.61. The second kappa shape index (κ2) is 15.2. The smallest absolute Gasteiger partial charge is 0.218 e. The van der Waals surface area contributed by atoms with E-state index in [1.165, 1.54) is 12.8 Å². The molecule has 0 unspecified atom stereocenters. The van der Waals surface area contributed by atoms with Gasteiger partial charge in [-0.15, -0.1) is 24.0 Å². The molecule has 0 saturated heterocycles. The Balaban J connectivity index is 0.00000576. The predicted octanol–water partition coefficient (Wildman–Crippen LogP) is 3.22. The molecule has 2 N–H and O–H groups in total. The van der Waals surface area contributed by atoms with Gasteiger partial charge in [-0.2, -0.15) is 0 Å². The fraction of sp³-hybridized carbons (Fsp3) is 0.667. The van der Waals surface area contributed by atoms with Crippen LogP contribution in [-0.2, 0) is 11.3 Å². The highest BCUT2D eigenvalue weighted by molar-refractivity contribution is 14.0. The van der Waals surface area contributed by atoms with Gasteiger partial charge < -0.3 is 20.1 Å². The second-order valence-corrected chi connectivity index (χ2v) is 5.57. The minimum Gasteiger partial charge on any atom is -0.475 e. The van der Waals surface area contributed by atoms with Crippen LogP contribution >= 0.6 is 24.0 Å². The molecule has 7 heteroatoms. The Hall–Kier alpha value is -1.09. The van der Waals surface area contributed by atoms with Crippen LogP contribution < -0.4 is 15.4 Å². The molecule has 0 bridgehead atoms. The topological polar surface area (TPSA) is 67.8 Å². The number of pyridine rings is 1. The molecule has 1 heterocycles. The van der Waals surface area contributed by atoms with Crippen LogP contribution in [-0.4, -0.2) is 44.4 Å². The van der Waals surface area contributed by atoms with Crippen molar-refractivity contribution in [3.8, 4) is 5.88 Å². The van der Waals surface area contributed by atoms with E-state index in [9.17, 15) is 0 Å². The molecule has 0 aliphatic rings. The van der Waals surface area contributed by atoms with Crippen LogP contribution in [0.3, 0.4) is 0 Å². The molecule has 0 spiro atoms. The Morgan fingerprint density at radius 2 is 1.96 bits per heavy atom. The van der Waals surface area contributed by atoms with Gasteiger partial charge in [-0.1, -0.05) is 32.8 Å². The maximum absolute atomic E-state index is 5.66. The first-order valence-electron chi connectivity index (χ1n) is 8.82. The average molecular weight is 464 g/mol. The third kappa shape index (κ3) is 9.84. The lowest BCUT2D eigenvalue weighted by atomic mass is 10.0. The fourth-order valence-electron chi connectivity index (χ4n) is 2.22. The van der Waals surface area contributed by atoms with E-state index >= 15 is 0 Å². The summed E-state index contributed by atoms with van der Waals surface area (Å²) >= 11 is 0. The standard InChI is InChI=1S/C18H32N4O2.HI/c1-5-15(6-2)13-21-18(19-7-3)22-14-16-9-8-10-20-17(16)24-12-11-23-4;/h8-10,15H,5-7,11-14H2,1-4H3,(H2,19,21,22);1H. The molecule has 0 atom stereocenters. The first-order chi connectivity index (χ1) is 11.7. The zero-order valence-corrected chi connectivity index (χ0v) is 18.2. The molecule has 0 aliphatic carbocycles. The number of guanidine groups is 1. The number of methoxy groups -OCH3 is 1. The van der Waals surface area contributed by atoms with E-state index in [0.29, 0.717) is 31.6 Å². The third-order valence-corrected chi connectivity index (χ3v) is 3.84. The highest BCUT2D eigenvalue weighted by Gasteiger charge is 2.07. The number of ether oxygens (including phenoxy) is 2. The summed E-state index contributed by atoms with van der Waals surface area (Å²) in [5.74, 6) is 2.12. The molecular weight excluding hydrogens is 431 g/mol. The number of halogens is 1. The van der Waals surface area contributed by atoms with E-state index in [0.717, 1.165) is 24.6 Å². The van der Waals surface area contributed by atoms with Gasteiger partial charge in [0.25, 0.3) is 0 Å². The van der Waals surface area contributed by atoms with E-state index in [2.05, 4.69) is 41.4 Å². The van der Waals surface area contributed by atoms with Gasteiger partial charge in [-0.25, -0.2) is 9.98 Å². The molecule has 144 valence electrons. The van der Waals surface area contributed by atoms with Gasteiger partial charge in [0, 0.05) is 32.0 Å². The Morgan fingerprint density at radius 3 is 2.60 bits per heavy atom. The van der Waals surface area contributed by atoms with E-state index in [-0.39, 0.29) is 24.0 Å². The molecule has 0 radical (unpaired) electrons. The SMILES string of the molecule is CCNC(=NCc1cccnc1OCCOC)NCC(CC)CC.I. The van der Waals surface area contributed by atoms with Gasteiger partial charge in [-0.3, -0.25) is 0 Å². The molecular formula is C18H33IN4O2. The summed E-state index contributed by atoms with van der Waals surface area (Å²) in [5, 5.41) is 6.71. The third-order valence-electron chi connectivity index (χ3n) is 3.84. The number of hydrogen-bond acceptors (Lipinski definition) is 4. The van der Waals surface area contributed by atoms with Crippen molar-refractivity contribution in [3.05, 3.63) is 23.9 Å². The minimum atomic E-state index is 0. The van der Waals surface area contributed by atoms with Crippen LogP contribution in [0, 0.1) is 5.92 Å². The fourth-order valence-corrected chi connectivity index (χ4v) is 2.22. The molecule has 1 aromatic rings. The zero-order valence-electron chi connectivity index (χ0n) is 15.9. The second-order valence-electron chi connectivity index (χ2n) is 5.57. The minimum absolute atomic E-state index is 0. The van der Waals surface area contributed by atoms with Crippen molar-refractivity contribution in [1.82, 2.24) is 15.6 Å². The predicted molar refractivity (Wildman–Crippen MR) is 114 cm³/mol. The van der Waals surface area contributed by atoms with Crippen LogP contribution in [0.2, 0.25) is 0 Å². The van der Waals surface area contributed by atoms with Gasteiger partial charge in [0.2, 0.25) is 5.88 Å². The van der Waals surface area contributed by atoms with Gasteiger partial charge in [-0.05, 0) is 18.9 Å². The van der Waals surface area contributed by atoms with Crippen molar-refractivity contribution in [2.45, 2.75) is 40.2 Å². The normalized spacial score (nSPS) is 11.2. The number of aromatic nitrogens is 1. The molecule has 0 aliphatic heterocycles. The summed E-state index contributed by atoms with van der Waals surface area (Å²) in [7, 11) is 1.65. The van der Waals surface area contributed by atoms with Gasteiger partial charge in [0.1, 0.15) is 6.61 Å². The van der Waals surface area contributed by atoms with Crippen molar-refractivity contribution >= 4 is 29.9 Å². The summed E-state index contributed by atoms with van der Waals surface area (Å²) < 4.78 is 10.7. The molecule has 1 rings (SSSR count). The van der Waals surface area contributed by atoms with Crippen LogP contribution in [0.5, 0.6) is 5.88 Å². The molecule has 0 amide bonds. The van der Waals surface area contributed by atoms with Crippen LogP contribution in [0.1, 0.15) is 39.2 Å². The van der Waals surface area contributed by atoms with Crippen LogP contribution in [0.4, 0.5) is 0 Å². The number of nitrogens with zero attached hydrogens (tertiary/aromatic N) is 2.